The first-order valence-corrected chi connectivity index (χ1v) is 10.0. The Morgan fingerprint density at radius 2 is 1.93 bits per heavy atom. The van der Waals surface area contributed by atoms with Gasteiger partial charge in [0, 0.05) is 28.3 Å². The SMILES string of the molecule is CCN(c1cccc(C)c1)c1ncnc(Oc2ccc(Br)c3cccnc23)c1N. The van der Waals surface area contributed by atoms with E-state index in [9.17, 15) is 0 Å². The average Bonchev–Trinajstić information content (AvgIpc) is 2.73. The van der Waals surface area contributed by atoms with Crippen molar-refractivity contribution in [2.24, 2.45) is 0 Å². The fourth-order valence-corrected chi connectivity index (χ4v) is 3.67. The van der Waals surface area contributed by atoms with Crippen molar-refractivity contribution in [1.82, 2.24) is 15.0 Å². The first-order valence-electron chi connectivity index (χ1n) is 9.24. The molecule has 0 fully saturated rings. The van der Waals surface area contributed by atoms with E-state index in [4.69, 9.17) is 10.5 Å². The Kier molecular flexibility index (Phi) is 5.31. The number of benzene rings is 2. The van der Waals surface area contributed by atoms with Crippen molar-refractivity contribution in [2.75, 3.05) is 17.2 Å². The smallest absolute Gasteiger partial charge is 0.248 e. The Morgan fingerprint density at radius 1 is 1.07 bits per heavy atom. The molecule has 0 radical (unpaired) electrons. The molecule has 146 valence electrons. The minimum atomic E-state index is 0.301. The van der Waals surface area contributed by atoms with Gasteiger partial charge in [-0.2, -0.15) is 4.98 Å². The molecule has 2 aromatic carbocycles. The molecule has 4 aromatic rings. The molecule has 0 unspecified atom stereocenters. The van der Waals surface area contributed by atoms with Gasteiger partial charge in [-0.1, -0.05) is 34.1 Å². The molecular formula is C22H20BrN5O. The van der Waals surface area contributed by atoms with Crippen molar-refractivity contribution in [3.05, 3.63) is 71.1 Å². The summed E-state index contributed by atoms with van der Waals surface area (Å²) in [6, 6.07) is 15.8. The topological polar surface area (TPSA) is 77.2 Å². The summed E-state index contributed by atoms with van der Waals surface area (Å²) in [5.74, 6) is 1.49. The van der Waals surface area contributed by atoms with Gasteiger partial charge in [-0.15, -0.1) is 0 Å². The molecule has 6 nitrogen and oxygen atoms in total. The monoisotopic (exact) mass is 449 g/mol. The molecule has 7 heteroatoms. The van der Waals surface area contributed by atoms with Crippen molar-refractivity contribution in [3.63, 3.8) is 0 Å². The van der Waals surface area contributed by atoms with Crippen LogP contribution in [0.3, 0.4) is 0 Å². The quantitative estimate of drug-likeness (QED) is 0.425. The molecule has 0 aliphatic rings. The second-order valence-electron chi connectivity index (χ2n) is 6.55. The largest absolute Gasteiger partial charge is 0.435 e. The number of nitrogen functional groups attached to an aromatic ring is 1. The zero-order chi connectivity index (χ0) is 20.4. The number of rotatable bonds is 5. The highest BCUT2D eigenvalue weighted by molar-refractivity contribution is 9.10. The van der Waals surface area contributed by atoms with Gasteiger partial charge in [-0.3, -0.25) is 4.98 Å². The van der Waals surface area contributed by atoms with Crippen LogP contribution in [-0.4, -0.2) is 21.5 Å². The lowest BCUT2D eigenvalue weighted by atomic mass is 10.2. The van der Waals surface area contributed by atoms with Crippen LogP contribution in [0.25, 0.3) is 10.9 Å². The summed E-state index contributed by atoms with van der Waals surface area (Å²) >= 11 is 3.55. The standard InChI is InChI=1S/C22H20BrN5O/c1-3-28(15-7-4-6-14(2)12-15)21-19(24)22(27-13-26-21)29-18-10-9-17(23)16-8-5-11-25-20(16)18/h4-13H,3,24H2,1-2H3. The molecule has 0 saturated heterocycles. The van der Waals surface area contributed by atoms with Crippen LogP contribution < -0.4 is 15.4 Å². The molecule has 0 bridgehead atoms. The molecule has 2 heterocycles. The summed E-state index contributed by atoms with van der Waals surface area (Å²) in [6.45, 7) is 4.81. The van der Waals surface area contributed by atoms with Crippen molar-refractivity contribution in [1.29, 1.82) is 0 Å². The number of halogens is 1. The van der Waals surface area contributed by atoms with Gasteiger partial charge in [-0.05, 0) is 49.7 Å². The second-order valence-corrected chi connectivity index (χ2v) is 7.40. The Labute approximate surface area is 177 Å². The van der Waals surface area contributed by atoms with Crippen molar-refractivity contribution < 1.29 is 4.74 Å². The minimum Gasteiger partial charge on any atom is -0.435 e. The minimum absolute atomic E-state index is 0.301. The van der Waals surface area contributed by atoms with Crippen molar-refractivity contribution in [3.8, 4) is 11.6 Å². The number of hydrogen-bond acceptors (Lipinski definition) is 6. The number of ether oxygens (including phenoxy) is 1. The Morgan fingerprint density at radius 3 is 2.72 bits per heavy atom. The van der Waals surface area contributed by atoms with Crippen LogP contribution in [-0.2, 0) is 0 Å². The molecule has 29 heavy (non-hydrogen) atoms. The van der Waals surface area contributed by atoms with Crippen LogP contribution in [0.2, 0.25) is 0 Å². The highest BCUT2D eigenvalue weighted by Gasteiger charge is 2.18. The molecule has 0 amide bonds. The van der Waals surface area contributed by atoms with Crippen LogP contribution in [0, 0.1) is 6.92 Å². The van der Waals surface area contributed by atoms with Crippen LogP contribution in [0.15, 0.2) is 65.5 Å². The van der Waals surface area contributed by atoms with E-state index >= 15 is 0 Å². The number of pyridine rings is 1. The average molecular weight is 450 g/mol. The summed E-state index contributed by atoms with van der Waals surface area (Å²) in [6.07, 6.45) is 3.20. The summed E-state index contributed by atoms with van der Waals surface area (Å²) in [4.78, 5) is 15.2. The zero-order valence-electron chi connectivity index (χ0n) is 16.1. The predicted molar refractivity (Wildman–Crippen MR) is 120 cm³/mol. The van der Waals surface area contributed by atoms with E-state index in [2.05, 4.69) is 56.9 Å². The summed E-state index contributed by atoms with van der Waals surface area (Å²) in [5, 5.41) is 0.952. The van der Waals surface area contributed by atoms with E-state index in [1.165, 1.54) is 6.33 Å². The molecule has 0 aliphatic carbocycles. The van der Waals surface area contributed by atoms with E-state index in [-0.39, 0.29) is 0 Å². The van der Waals surface area contributed by atoms with Gasteiger partial charge in [0.1, 0.15) is 17.5 Å². The maximum atomic E-state index is 6.44. The lowest BCUT2D eigenvalue weighted by Crippen LogP contribution is -2.19. The van der Waals surface area contributed by atoms with E-state index < -0.39 is 0 Å². The van der Waals surface area contributed by atoms with Crippen LogP contribution in [0.4, 0.5) is 17.2 Å². The van der Waals surface area contributed by atoms with Gasteiger partial charge < -0.3 is 15.4 Å². The van der Waals surface area contributed by atoms with E-state index in [1.54, 1.807) is 6.20 Å². The van der Waals surface area contributed by atoms with Crippen molar-refractivity contribution in [2.45, 2.75) is 13.8 Å². The molecule has 2 N–H and O–H groups in total. The first-order chi connectivity index (χ1) is 14.1. The van der Waals surface area contributed by atoms with Crippen LogP contribution in [0.1, 0.15) is 12.5 Å². The Balaban J connectivity index is 1.75. The molecule has 0 aliphatic heterocycles. The number of nitrogens with zero attached hydrogens (tertiary/aromatic N) is 4. The van der Waals surface area contributed by atoms with Gasteiger partial charge in [0.15, 0.2) is 11.6 Å². The van der Waals surface area contributed by atoms with E-state index in [0.717, 1.165) is 26.6 Å². The number of nitrogens with two attached hydrogens (primary N) is 1. The highest BCUT2D eigenvalue weighted by Crippen LogP contribution is 2.37. The molecular weight excluding hydrogens is 430 g/mol. The first kappa shape index (κ1) is 19.1. The van der Waals surface area contributed by atoms with Crippen molar-refractivity contribution >= 4 is 44.0 Å². The number of aromatic nitrogens is 3. The lowest BCUT2D eigenvalue weighted by Gasteiger charge is -2.24. The zero-order valence-corrected chi connectivity index (χ0v) is 17.7. The van der Waals surface area contributed by atoms with E-state index in [1.807, 2.05) is 41.3 Å². The van der Waals surface area contributed by atoms with Gasteiger partial charge >= 0.3 is 0 Å². The highest BCUT2D eigenvalue weighted by atomic mass is 79.9. The third-order valence-corrected chi connectivity index (χ3v) is 5.29. The van der Waals surface area contributed by atoms with Gasteiger partial charge in [0.05, 0.1) is 0 Å². The van der Waals surface area contributed by atoms with Gasteiger partial charge in [0.25, 0.3) is 0 Å². The van der Waals surface area contributed by atoms with Gasteiger partial charge in [0.2, 0.25) is 5.88 Å². The summed E-state index contributed by atoms with van der Waals surface area (Å²) in [5.41, 5.74) is 9.72. The Hall–Kier alpha value is -3.19. The van der Waals surface area contributed by atoms with Crippen LogP contribution >= 0.6 is 15.9 Å². The molecule has 0 saturated carbocycles. The number of aryl methyl sites for hydroxylation is 1. The van der Waals surface area contributed by atoms with Crippen LogP contribution in [0.5, 0.6) is 11.6 Å². The number of hydrogen-bond donors (Lipinski definition) is 1. The Bertz CT molecular complexity index is 1180. The fourth-order valence-electron chi connectivity index (χ4n) is 3.22. The summed E-state index contributed by atoms with van der Waals surface area (Å²) < 4.78 is 7.03. The van der Waals surface area contributed by atoms with Gasteiger partial charge in [-0.25, -0.2) is 4.98 Å². The van der Waals surface area contributed by atoms with E-state index in [0.29, 0.717) is 29.7 Å². The third-order valence-electron chi connectivity index (χ3n) is 4.60. The molecule has 2 aromatic heterocycles. The predicted octanol–water partition coefficient (Wildman–Crippen LogP) is 5.63. The molecule has 4 rings (SSSR count). The fraction of sp³-hybridized carbons (Fsp3) is 0.136. The maximum absolute atomic E-state index is 6.44. The second kappa shape index (κ2) is 8.05. The molecule has 0 spiro atoms. The summed E-state index contributed by atoms with van der Waals surface area (Å²) in [7, 11) is 0. The normalized spacial score (nSPS) is 10.9. The lowest BCUT2D eigenvalue weighted by molar-refractivity contribution is 0.468. The molecule has 0 atom stereocenters. The third kappa shape index (κ3) is 3.73. The maximum Gasteiger partial charge on any atom is 0.248 e. The number of anilines is 3. The number of fused-ring (bicyclic) bond motifs is 1.